The fourth-order valence-electron chi connectivity index (χ4n) is 3.35. The normalized spacial score (nSPS) is 13.1. The molecule has 0 aliphatic carbocycles. The molecule has 2 unspecified atom stereocenters. The number of ether oxygens (including phenoxy) is 6. The molecule has 0 fully saturated rings. The second kappa shape index (κ2) is 18.9. The quantitative estimate of drug-likeness (QED) is 0.0922. The van der Waals surface area contributed by atoms with Crippen molar-refractivity contribution in [2.75, 3.05) is 53.2 Å². The van der Waals surface area contributed by atoms with E-state index in [2.05, 4.69) is 5.32 Å². The van der Waals surface area contributed by atoms with Gasteiger partial charge in [0.15, 0.2) is 6.10 Å². The Morgan fingerprint density at radius 2 is 1.64 bits per heavy atom. The van der Waals surface area contributed by atoms with Crippen molar-refractivity contribution in [1.82, 2.24) is 5.32 Å². The summed E-state index contributed by atoms with van der Waals surface area (Å²) in [5, 5.41) is 21.7. The summed E-state index contributed by atoms with van der Waals surface area (Å²) in [6.45, 7) is 3.11. The SMILES string of the molecule is COC(=O)C(Oc1ccc(CO)cc1C(=O)NCCOCCOCCN)[C@H](OC(C)=O)C(CCO)OC(C)=O. The van der Waals surface area contributed by atoms with Gasteiger partial charge in [-0.05, 0) is 17.7 Å². The summed E-state index contributed by atoms with van der Waals surface area (Å²) < 4.78 is 31.7. The van der Waals surface area contributed by atoms with Crippen LogP contribution in [-0.2, 0) is 44.7 Å². The van der Waals surface area contributed by atoms with Crippen LogP contribution in [0.1, 0.15) is 36.2 Å². The summed E-state index contributed by atoms with van der Waals surface area (Å²) in [4.78, 5) is 49.3. The minimum absolute atomic E-state index is 0.0468. The van der Waals surface area contributed by atoms with Gasteiger partial charge in [0.25, 0.3) is 5.91 Å². The van der Waals surface area contributed by atoms with Crippen molar-refractivity contribution in [3.63, 3.8) is 0 Å². The highest BCUT2D eigenvalue weighted by atomic mass is 16.6. The summed E-state index contributed by atoms with van der Waals surface area (Å²) in [5.74, 6) is -3.30. The molecule has 1 aromatic rings. The van der Waals surface area contributed by atoms with Gasteiger partial charge in [0, 0.05) is 40.0 Å². The molecule has 1 aromatic carbocycles. The van der Waals surface area contributed by atoms with Gasteiger partial charge in [-0.2, -0.15) is 0 Å². The highest BCUT2D eigenvalue weighted by molar-refractivity contribution is 5.97. The third kappa shape index (κ3) is 12.4. The number of carbonyl (C=O) groups is 4. The Hall–Kier alpha value is -3.30. The van der Waals surface area contributed by atoms with Crippen molar-refractivity contribution in [2.45, 2.75) is 45.2 Å². The topological polar surface area (TPSA) is 202 Å². The van der Waals surface area contributed by atoms with Crippen LogP contribution in [0.3, 0.4) is 0 Å². The number of aliphatic hydroxyl groups is 2. The Kier molecular flexibility index (Phi) is 16.3. The first-order chi connectivity index (χ1) is 18.7. The van der Waals surface area contributed by atoms with Gasteiger partial charge in [0.2, 0.25) is 6.10 Å². The second-order valence-electron chi connectivity index (χ2n) is 8.05. The van der Waals surface area contributed by atoms with Crippen molar-refractivity contribution >= 4 is 23.8 Å². The Morgan fingerprint density at radius 1 is 0.974 bits per heavy atom. The molecular formula is C25H38N2O12. The number of amides is 1. The molecule has 1 amide bonds. The Bertz CT molecular complexity index is 926. The average Bonchev–Trinajstić information content (AvgIpc) is 2.90. The van der Waals surface area contributed by atoms with E-state index in [4.69, 9.17) is 34.2 Å². The smallest absolute Gasteiger partial charge is 0.351 e. The number of rotatable bonds is 19. The molecule has 39 heavy (non-hydrogen) atoms. The number of nitrogens with two attached hydrogens (primary N) is 1. The van der Waals surface area contributed by atoms with Crippen LogP contribution < -0.4 is 15.8 Å². The van der Waals surface area contributed by atoms with Crippen LogP contribution >= 0.6 is 0 Å². The lowest BCUT2D eigenvalue weighted by Crippen LogP contribution is -2.50. The minimum Gasteiger partial charge on any atom is -0.474 e. The first-order valence-electron chi connectivity index (χ1n) is 12.3. The summed E-state index contributed by atoms with van der Waals surface area (Å²) in [6.07, 6.45) is -4.70. The van der Waals surface area contributed by atoms with E-state index < -0.39 is 48.7 Å². The number of nitrogens with one attached hydrogen (secondary N) is 1. The van der Waals surface area contributed by atoms with Crippen LogP contribution in [0.15, 0.2) is 18.2 Å². The maximum atomic E-state index is 13.0. The minimum atomic E-state index is -1.70. The molecule has 14 heteroatoms. The van der Waals surface area contributed by atoms with E-state index in [9.17, 15) is 29.4 Å². The molecule has 0 saturated heterocycles. The van der Waals surface area contributed by atoms with Crippen LogP contribution in [0.2, 0.25) is 0 Å². The molecule has 0 saturated carbocycles. The summed E-state index contributed by atoms with van der Waals surface area (Å²) >= 11 is 0. The van der Waals surface area contributed by atoms with Crippen LogP contribution in [0, 0.1) is 0 Å². The zero-order valence-corrected chi connectivity index (χ0v) is 22.4. The highest BCUT2D eigenvalue weighted by Crippen LogP contribution is 2.26. The van der Waals surface area contributed by atoms with Gasteiger partial charge in [-0.1, -0.05) is 6.07 Å². The molecule has 3 atom stereocenters. The van der Waals surface area contributed by atoms with E-state index in [0.717, 1.165) is 21.0 Å². The van der Waals surface area contributed by atoms with Crippen molar-refractivity contribution in [3.8, 4) is 5.75 Å². The molecule has 0 aliphatic heterocycles. The Balaban J connectivity index is 3.20. The number of aliphatic hydroxyl groups excluding tert-OH is 2. The van der Waals surface area contributed by atoms with E-state index in [1.165, 1.54) is 18.2 Å². The molecule has 1 rings (SSSR count). The van der Waals surface area contributed by atoms with Gasteiger partial charge in [-0.15, -0.1) is 0 Å². The summed E-state index contributed by atoms with van der Waals surface area (Å²) in [7, 11) is 1.07. The maximum Gasteiger partial charge on any atom is 0.351 e. The molecule has 220 valence electrons. The number of carbonyl (C=O) groups excluding carboxylic acids is 4. The van der Waals surface area contributed by atoms with Gasteiger partial charge >= 0.3 is 17.9 Å². The molecule has 0 aromatic heterocycles. The van der Waals surface area contributed by atoms with E-state index in [0.29, 0.717) is 31.9 Å². The fraction of sp³-hybridized carbons (Fsp3) is 0.600. The van der Waals surface area contributed by atoms with E-state index in [-0.39, 0.29) is 37.5 Å². The van der Waals surface area contributed by atoms with Crippen molar-refractivity contribution in [3.05, 3.63) is 29.3 Å². The van der Waals surface area contributed by atoms with Crippen LogP contribution in [-0.4, -0.2) is 106 Å². The number of hydrogen-bond donors (Lipinski definition) is 4. The van der Waals surface area contributed by atoms with Crippen LogP contribution in [0.5, 0.6) is 5.75 Å². The Labute approximate surface area is 226 Å². The lowest BCUT2D eigenvalue weighted by Gasteiger charge is -2.31. The molecule has 0 aliphatic rings. The third-order valence-electron chi connectivity index (χ3n) is 5.02. The number of benzene rings is 1. The number of methoxy groups -OCH3 is 1. The summed E-state index contributed by atoms with van der Waals surface area (Å²) in [6, 6.07) is 4.17. The predicted molar refractivity (Wildman–Crippen MR) is 135 cm³/mol. The molecule has 0 bridgehead atoms. The van der Waals surface area contributed by atoms with Gasteiger partial charge < -0.3 is 49.7 Å². The standard InChI is InChI=1S/C25H38N2O12/c1-16(30)37-21(6-9-28)22(38-17(2)31)23(25(33)34-3)39-20-5-4-18(15-29)14-19(20)24(32)27-8-11-36-13-12-35-10-7-26/h4-5,14,21-23,28-29H,6-13,15,26H2,1-3H3,(H,27,32)/t21?,22-,23?/m1/s1. The molecule has 0 radical (unpaired) electrons. The average molecular weight is 559 g/mol. The predicted octanol–water partition coefficient (Wildman–Crippen LogP) is -0.933. The van der Waals surface area contributed by atoms with Gasteiger partial charge in [0.05, 0.1) is 45.7 Å². The number of esters is 3. The van der Waals surface area contributed by atoms with Gasteiger partial charge in [-0.3, -0.25) is 14.4 Å². The Morgan fingerprint density at radius 3 is 2.21 bits per heavy atom. The van der Waals surface area contributed by atoms with E-state index >= 15 is 0 Å². The van der Waals surface area contributed by atoms with Crippen LogP contribution in [0.25, 0.3) is 0 Å². The second-order valence-corrected chi connectivity index (χ2v) is 8.05. The molecule has 0 spiro atoms. The van der Waals surface area contributed by atoms with Gasteiger partial charge in [-0.25, -0.2) is 4.79 Å². The zero-order valence-electron chi connectivity index (χ0n) is 22.4. The molecule has 0 heterocycles. The van der Waals surface area contributed by atoms with E-state index in [1.54, 1.807) is 0 Å². The fourth-order valence-corrected chi connectivity index (χ4v) is 3.35. The van der Waals surface area contributed by atoms with Crippen molar-refractivity contribution in [2.24, 2.45) is 5.73 Å². The van der Waals surface area contributed by atoms with Crippen LogP contribution in [0.4, 0.5) is 0 Å². The first-order valence-corrected chi connectivity index (χ1v) is 12.3. The highest BCUT2D eigenvalue weighted by Gasteiger charge is 2.42. The molecular weight excluding hydrogens is 520 g/mol. The van der Waals surface area contributed by atoms with Crippen molar-refractivity contribution in [1.29, 1.82) is 0 Å². The maximum absolute atomic E-state index is 13.0. The molecule has 5 N–H and O–H groups in total. The lowest BCUT2D eigenvalue weighted by molar-refractivity contribution is -0.182. The number of hydrogen-bond acceptors (Lipinski definition) is 13. The van der Waals surface area contributed by atoms with Gasteiger partial charge in [0.1, 0.15) is 11.9 Å². The lowest BCUT2D eigenvalue weighted by atomic mass is 10.0. The first kappa shape index (κ1) is 33.7. The van der Waals surface area contributed by atoms with E-state index in [1.807, 2.05) is 0 Å². The monoisotopic (exact) mass is 558 g/mol. The zero-order chi connectivity index (χ0) is 29.2. The largest absolute Gasteiger partial charge is 0.474 e. The van der Waals surface area contributed by atoms with Crippen molar-refractivity contribution < 1.29 is 57.8 Å². The molecule has 14 nitrogen and oxygen atoms in total. The summed E-state index contributed by atoms with van der Waals surface area (Å²) in [5.41, 5.74) is 5.67. The third-order valence-corrected chi connectivity index (χ3v) is 5.02.